The first-order valence-corrected chi connectivity index (χ1v) is 6.87. The Morgan fingerprint density at radius 3 is 2.70 bits per heavy atom. The first kappa shape index (κ1) is 14.5. The summed E-state index contributed by atoms with van der Waals surface area (Å²) in [4.78, 5) is 26.7. The molecule has 5 nitrogen and oxygen atoms in total. The number of para-hydroxylation sites is 1. The monoisotopic (exact) mass is 276 g/mol. The third-order valence-electron chi connectivity index (χ3n) is 3.64. The fraction of sp³-hybridized carbons (Fsp3) is 0.467. The molecule has 0 fully saturated rings. The van der Waals surface area contributed by atoms with Crippen LogP contribution in [0.4, 0.5) is 5.69 Å². The maximum atomic E-state index is 12.5. The quantitative estimate of drug-likeness (QED) is 0.882. The summed E-state index contributed by atoms with van der Waals surface area (Å²) in [7, 11) is 0. The minimum Gasteiger partial charge on any atom is -0.480 e. The largest absolute Gasteiger partial charge is 0.480 e. The Morgan fingerprint density at radius 1 is 1.35 bits per heavy atom. The van der Waals surface area contributed by atoms with Crippen LogP contribution in [0.3, 0.4) is 0 Å². The van der Waals surface area contributed by atoms with Crippen LogP contribution in [0, 0.1) is 0 Å². The fourth-order valence-corrected chi connectivity index (χ4v) is 2.68. The zero-order chi connectivity index (χ0) is 14.7. The summed E-state index contributed by atoms with van der Waals surface area (Å²) >= 11 is 0. The van der Waals surface area contributed by atoms with E-state index in [-0.39, 0.29) is 25.0 Å². The van der Waals surface area contributed by atoms with Crippen LogP contribution >= 0.6 is 0 Å². The number of amides is 1. The Balaban J connectivity index is 2.11. The average molecular weight is 276 g/mol. The van der Waals surface area contributed by atoms with E-state index in [4.69, 9.17) is 5.11 Å². The average Bonchev–Trinajstić information content (AvgIpc) is 2.73. The summed E-state index contributed by atoms with van der Waals surface area (Å²) in [5.41, 5.74) is 2.13. The molecule has 5 heteroatoms. The Kier molecular flexibility index (Phi) is 4.39. The summed E-state index contributed by atoms with van der Waals surface area (Å²) in [6.45, 7) is 4.46. The van der Waals surface area contributed by atoms with Gasteiger partial charge in [0.15, 0.2) is 0 Å². The number of hydrogen-bond acceptors (Lipinski definition) is 3. The van der Waals surface area contributed by atoms with Gasteiger partial charge in [0.05, 0.1) is 13.1 Å². The first-order valence-electron chi connectivity index (χ1n) is 6.87. The summed E-state index contributed by atoms with van der Waals surface area (Å²) in [5, 5.41) is 8.84. The predicted molar refractivity (Wildman–Crippen MR) is 76.8 cm³/mol. The maximum Gasteiger partial charge on any atom is 0.317 e. The van der Waals surface area contributed by atoms with E-state index < -0.39 is 5.97 Å². The van der Waals surface area contributed by atoms with Crippen molar-refractivity contribution in [3.05, 3.63) is 29.8 Å². The lowest BCUT2D eigenvalue weighted by atomic mass is 10.1. The molecule has 1 aliphatic rings. The molecule has 1 N–H and O–H groups in total. The number of fused-ring (bicyclic) bond motifs is 1. The van der Waals surface area contributed by atoms with E-state index in [1.807, 2.05) is 38.1 Å². The highest BCUT2D eigenvalue weighted by Gasteiger charge is 2.31. The third kappa shape index (κ3) is 2.99. The minimum atomic E-state index is -0.908. The number of carbonyl (C=O) groups is 2. The Morgan fingerprint density at radius 2 is 2.05 bits per heavy atom. The second-order valence-electron chi connectivity index (χ2n) is 5.14. The van der Waals surface area contributed by atoms with Crippen LogP contribution in [0.15, 0.2) is 24.3 Å². The molecule has 0 saturated heterocycles. The topological polar surface area (TPSA) is 60.9 Å². The Hall–Kier alpha value is -1.88. The summed E-state index contributed by atoms with van der Waals surface area (Å²) < 4.78 is 0. The molecule has 1 aromatic rings. The van der Waals surface area contributed by atoms with Crippen LogP contribution in [0.5, 0.6) is 0 Å². The third-order valence-corrected chi connectivity index (χ3v) is 3.64. The van der Waals surface area contributed by atoms with Crippen LogP contribution in [0.25, 0.3) is 0 Å². The van der Waals surface area contributed by atoms with Gasteiger partial charge in [-0.3, -0.25) is 14.5 Å². The summed E-state index contributed by atoms with van der Waals surface area (Å²) in [6.07, 6.45) is 0.854. The molecule has 0 aliphatic carbocycles. The van der Waals surface area contributed by atoms with E-state index in [9.17, 15) is 9.59 Å². The molecule has 0 bridgehead atoms. The lowest BCUT2D eigenvalue weighted by Crippen LogP contribution is -2.44. The van der Waals surface area contributed by atoms with Crippen molar-refractivity contribution in [3.8, 4) is 0 Å². The Bertz CT molecular complexity index is 516. The van der Waals surface area contributed by atoms with E-state index in [0.29, 0.717) is 6.54 Å². The van der Waals surface area contributed by atoms with Crippen LogP contribution in [-0.2, 0) is 16.0 Å². The van der Waals surface area contributed by atoms with Crippen LogP contribution in [0.1, 0.15) is 19.4 Å². The number of nitrogens with zero attached hydrogens (tertiary/aromatic N) is 2. The van der Waals surface area contributed by atoms with Gasteiger partial charge in [-0.1, -0.05) is 25.1 Å². The van der Waals surface area contributed by atoms with Gasteiger partial charge in [-0.25, -0.2) is 0 Å². The normalized spacial score (nSPS) is 17.4. The van der Waals surface area contributed by atoms with Gasteiger partial charge >= 0.3 is 5.97 Å². The molecule has 20 heavy (non-hydrogen) atoms. The molecule has 2 rings (SSSR count). The number of benzene rings is 1. The van der Waals surface area contributed by atoms with Crippen LogP contribution < -0.4 is 4.90 Å². The SMILES string of the molecule is CCN(CC(=O)O)CC(=O)N1c2ccccc2CC1C. The highest BCUT2D eigenvalue weighted by atomic mass is 16.4. The number of aliphatic carboxylic acids is 1. The van der Waals surface area contributed by atoms with Gasteiger partial charge in [0, 0.05) is 11.7 Å². The zero-order valence-electron chi connectivity index (χ0n) is 11.9. The number of carboxylic acid groups (broad SMARTS) is 1. The van der Waals surface area contributed by atoms with Gasteiger partial charge in [0.1, 0.15) is 0 Å². The summed E-state index contributed by atoms with van der Waals surface area (Å²) in [5.74, 6) is -0.944. The van der Waals surface area contributed by atoms with Crippen molar-refractivity contribution in [2.75, 3.05) is 24.5 Å². The molecule has 1 aliphatic heterocycles. The molecule has 1 atom stereocenters. The molecule has 1 aromatic carbocycles. The Labute approximate surface area is 118 Å². The molecular formula is C15H20N2O3. The molecular weight excluding hydrogens is 256 g/mol. The molecule has 108 valence electrons. The molecule has 0 aromatic heterocycles. The van der Waals surface area contributed by atoms with E-state index in [0.717, 1.165) is 12.1 Å². The number of carbonyl (C=O) groups excluding carboxylic acids is 1. The summed E-state index contributed by atoms with van der Waals surface area (Å²) in [6, 6.07) is 8.01. The van der Waals surface area contributed by atoms with Crippen molar-refractivity contribution in [1.29, 1.82) is 0 Å². The molecule has 1 heterocycles. The number of anilines is 1. The van der Waals surface area contributed by atoms with Crippen LogP contribution in [0.2, 0.25) is 0 Å². The van der Waals surface area contributed by atoms with Gasteiger partial charge in [-0.15, -0.1) is 0 Å². The second-order valence-corrected chi connectivity index (χ2v) is 5.14. The number of hydrogen-bond donors (Lipinski definition) is 1. The van der Waals surface area contributed by atoms with E-state index in [1.165, 1.54) is 5.56 Å². The second kappa shape index (κ2) is 6.05. The number of carboxylic acids is 1. The van der Waals surface area contributed by atoms with Crippen molar-refractivity contribution < 1.29 is 14.7 Å². The van der Waals surface area contributed by atoms with Crippen molar-refractivity contribution in [2.24, 2.45) is 0 Å². The van der Waals surface area contributed by atoms with E-state index in [1.54, 1.807) is 9.80 Å². The number of rotatable bonds is 5. The zero-order valence-corrected chi connectivity index (χ0v) is 11.9. The van der Waals surface area contributed by atoms with E-state index >= 15 is 0 Å². The van der Waals surface area contributed by atoms with Crippen molar-refractivity contribution in [3.63, 3.8) is 0 Å². The van der Waals surface area contributed by atoms with E-state index in [2.05, 4.69) is 0 Å². The molecule has 0 spiro atoms. The molecule has 0 saturated carbocycles. The molecule has 1 amide bonds. The fourth-order valence-electron chi connectivity index (χ4n) is 2.68. The first-order chi connectivity index (χ1) is 9.52. The smallest absolute Gasteiger partial charge is 0.317 e. The van der Waals surface area contributed by atoms with Gasteiger partial charge in [0.2, 0.25) is 5.91 Å². The van der Waals surface area contributed by atoms with Gasteiger partial charge in [-0.05, 0) is 31.5 Å². The standard InChI is InChI=1S/C15H20N2O3/c1-3-16(10-15(19)20)9-14(18)17-11(2)8-12-6-4-5-7-13(12)17/h4-7,11H,3,8-10H2,1-2H3,(H,19,20). The maximum absolute atomic E-state index is 12.5. The minimum absolute atomic E-state index is 0.0365. The van der Waals surface area contributed by atoms with Gasteiger partial charge < -0.3 is 10.0 Å². The predicted octanol–water partition coefficient (Wildman–Crippen LogP) is 1.37. The highest BCUT2D eigenvalue weighted by Crippen LogP contribution is 2.31. The van der Waals surface area contributed by atoms with Crippen molar-refractivity contribution in [2.45, 2.75) is 26.3 Å². The van der Waals surface area contributed by atoms with Crippen molar-refractivity contribution >= 4 is 17.6 Å². The number of likely N-dealkylation sites (N-methyl/N-ethyl adjacent to an activating group) is 1. The molecule has 0 radical (unpaired) electrons. The van der Waals surface area contributed by atoms with Gasteiger partial charge in [-0.2, -0.15) is 0 Å². The van der Waals surface area contributed by atoms with Crippen LogP contribution in [-0.4, -0.2) is 47.6 Å². The lowest BCUT2D eigenvalue weighted by molar-refractivity contribution is -0.138. The van der Waals surface area contributed by atoms with Gasteiger partial charge in [0.25, 0.3) is 0 Å². The lowest BCUT2D eigenvalue weighted by Gasteiger charge is -2.26. The highest BCUT2D eigenvalue weighted by molar-refractivity contribution is 5.97. The molecule has 1 unspecified atom stereocenters. The van der Waals surface area contributed by atoms with Crippen molar-refractivity contribution in [1.82, 2.24) is 4.90 Å².